The fraction of sp³-hybridized carbons (Fsp3) is 0.818. The first-order valence-corrected chi connectivity index (χ1v) is 4.79. The lowest BCUT2D eigenvalue weighted by Gasteiger charge is -2.31. The number of allylic oxidation sites excluding steroid dienone is 1. The fourth-order valence-electron chi connectivity index (χ4n) is 1.61. The maximum atomic E-state index is 9.67. The molecule has 12 heavy (non-hydrogen) atoms. The first-order chi connectivity index (χ1) is 5.41. The number of hydrogen-bond donors (Lipinski definition) is 1. The summed E-state index contributed by atoms with van der Waals surface area (Å²) in [6, 6.07) is 0. The van der Waals surface area contributed by atoms with Crippen molar-refractivity contribution in [1.29, 1.82) is 0 Å². The quantitative estimate of drug-likeness (QED) is 0.551. The highest BCUT2D eigenvalue weighted by molar-refractivity contribution is 5.15. The van der Waals surface area contributed by atoms with Crippen LogP contribution in [0.25, 0.3) is 0 Å². The summed E-state index contributed by atoms with van der Waals surface area (Å²) in [5, 5.41) is 9.67. The highest BCUT2D eigenvalue weighted by atomic mass is 16.3. The second kappa shape index (κ2) is 3.21. The summed E-state index contributed by atoms with van der Waals surface area (Å²) < 4.78 is 0. The molecule has 0 spiro atoms. The second-order valence-corrected chi connectivity index (χ2v) is 4.96. The summed E-state index contributed by atoms with van der Waals surface area (Å²) in [5.41, 5.74) is 1.65. The molecular formula is C11H20O. The minimum absolute atomic E-state index is 0.121. The molecule has 0 bridgehead atoms. The lowest BCUT2D eigenvalue weighted by molar-refractivity contribution is 0.105. The molecule has 1 rings (SSSR count). The summed E-state index contributed by atoms with van der Waals surface area (Å²) >= 11 is 0. The molecule has 0 aromatic carbocycles. The van der Waals surface area contributed by atoms with E-state index in [0.29, 0.717) is 5.92 Å². The lowest BCUT2D eigenvalue weighted by Crippen LogP contribution is -2.26. The predicted molar refractivity (Wildman–Crippen MR) is 51.9 cm³/mol. The van der Waals surface area contributed by atoms with Gasteiger partial charge in [-0.2, -0.15) is 0 Å². The number of aliphatic hydroxyl groups excluding tert-OH is 1. The molecule has 0 saturated heterocycles. The van der Waals surface area contributed by atoms with Crippen LogP contribution in [0.2, 0.25) is 0 Å². The van der Waals surface area contributed by atoms with Gasteiger partial charge in [-0.05, 0) is 24.2 Å². The molecule has 0 unspecified atom stereocenters. The van der Waals surface area contributed by atoms with Gasteiger partial charge in [-0.25, -0.2) is 0 Å². The summed E-state index contributed by atoms with van der Waals surface area (Å²) in [5.74, 6) is 0.441. The van der Waals surface area contributed by atoms with Gasteiger partial charge >= 0.3 is 0 Å². The van der Waals surface area contributed by atoms with Gasteiger partial charge in [0.15, 0.2) is 0 Å². The van der Waals surface area contributed by atoms with Gasteiger partial charge in [0.25, 0.3) is 0 Å². The van der Waals surface area contributed by atoms with E-state index >= 15 is 0 Å². The van der Waals surface area contributed by atoms with E-state index in [0.717, 1.165) is 12.8 Å². The Kier molecular flexibility index (Phi) is 2.62. The Morgan fingerprint density at radius 3 is 2.42 bits per heavy atom. The Balaban J connectivity index is 2.71. The molecule has 1 heteroatoms. The van der Waals surface area contributed by atoms with Gasteiger partial charge in [-0.3, -0.25) is 0 Å². The summed E-state index contributed by atoms with van der Waals surface area (Å²) in [6.45, 7) is 8.74. The van der Waals surface area contributed by atoms with Crippen LogP contribution in [0.1, 0.15) is 40.5 Å². The SMILES string of the molecule is C[C@@H]1CC=C(C(C)(C)C)C[C@@H]1O. The van der Waals surface area contributed by atoms with E-state index in [1.54, 1.807) is 0 Å². The molecule has 2 atom stereocenters. The second-order valence-electron chi connectivity index (χ2n) is 4.96. The van der Waals surface area contributed by atoms with Gasteiger partial charge in [0.05, 0.1) is 6.10 Å². The van der Waals surface area contributed by atoms with E-state index in [1.807, 2.05) is 0 Å². The fourth-order valence-corrected chi connectivity index (χ4v) is 1.61. The van der Waals surface area contributed by atoms with Crippen molar-refractivity contribution >= 4 is 0 Å². The zero-order chi connectivity index (χ0) is 9.35. The Hall–Kier alpha value is -0.300. The van der Waals surface area contributed by atoms with Crippen molar-refractivity contribution in [2.45, 2.75) is 46.6 Å². The summed E-state index contributed by atoms with van der Waals surface area (Å²) in [4.78, 5) is 0. The van der Waals surface area contributed by atoms with Crippen LogP contribution in [-0.4, -0.2) is 11.2 Å². The molecule has 0 saturated carbocycles. The van der Waals surface area contributed by atoms with Crippen LogP contribution < -0.4 is 0 Å². The van der Waals surface area contributed by atoms with E-state index in [1.165, 1.54) is 5.57 Å². The summed E-state index contributed by atoms with van der Waals surface area (Å²) in [6.07, 6.45) is 4.08. The number of hydrogen-bond acceptors (Lipinski definition) is 1. The third kappa shape index (κ3) is 2.10. The average Bonchev–Trinajstić information content (AvgIpc) is 1.92. The zero-order valence-corrected chi connectivity index (χ0v) is 8.59. The van der Waals surface area contributed by atoms with Gasteiger partial charge in [0, 0.05) is 0 Å². The van der Waals surface area contributed by atoms with Crippen molar-refractivity contribution in [2.75, 3.05) is 0 Å². The molecule has 70 valence electrons. The first kappa shape index (κ1) is 9.79. The molecule has 0 amide bonds. The monoisotopic (exact) mass is 168 g/mol. The average molecular weight is 168 g/mol. The van der Waals surface area contributed by atoms with Gasteiger partial charge in [-0.15, -0.1) is 0 Å². The maximum Gasteiger partial charge on any atom is 0.0605 e. The minimum atomic E-state index is -0.121. The van der Waals surface area contributed by atoms with E-state index in [9.17, 15) is 5.11 Å². The minimum Gasteiger partial charge on any atom is -0.393 e. The molecule has 0 radical (unpaired) electrons. The van der Waals surface area contributed by atoms with E-state index in [-0.39, 0.29) is 11.5 Å². The lowest BCUT2D eigenvalue weighted by atomic mass is 9.76. The van der Waals surface area contributed by atoms with E-state index in [2.05, 4.69) is 33.8 Å². The van der Waals surface area contributed by atoms with Crippen molar-refractivity contribution in [3.63, 3.8) is 0 Å². The van der Waals surface area contributed by atoms with Crippen LogP contribution in [0.15, 0.2) is 11.6 Å². The van der Waals surface area contributed by atoms with Gasteiger partial charge in [0.1, 0.15) is 0 Å². The third-order valence-electron chi connectivity index (χ3n) is 2.79. The molecule has 0 aromatic heterocycles. The van der Waals surface area contributed by atoms with Gasteiger partial charge in [-0.1, -0.05) is 39.3 Å². The van der Waals surface area contributed by atoms with Gasteiger partial charge < -0.3 is 5.11 Å². The highest BCUT2D eigenvalue weighted by Crippen LogP contribution is 2.35. The molecule has 1 aliphatic carbocycles. The van der Waals surface area contributed by atoms with Crippen LogP contribution in [0.3, 0.4) is 0 Å². The third-order valence-corrected chi connectivity index (χ3v) is 2.79. The maximum absolute atomic E-state index is 9.67. The largest absolute Gasteiger partial charge is 0.393 e. The van der Waals surface area contributed by atoms with Gasteiger partial charge in [0.2, 0.25) is 0 Å². The normalized spacial score (nSPS) is 31.6. The van der Waals surface area contributed by atoms with Crippen LogP contribution >= 0.6 is 0 Å². The summed E-state index contributed by atoms with van der Waals surface area (Å²) in [7, 11) is 0. The highest BCUT2D eigenvalue weighted by Gasteiger charge is 2.26. The Morgan fingerprint density at radius 2 is 2.00 bits per heavy atom. The molecule has 1 N–H and O–H groups in total. The van der Waals surface area contributed by atoms with Crippen LogP contribution in [0, 0.1) is 11.3 Å². The molecule has 0 aromatic rings. The zero-order valence-electron chi connectivity index (χ0n) is 8.59. The smallest absolute Gasteiger partial charge is 0.0605 e. The Bertz CT molecular complexity index is 186. The van der Waals surface area contributed by atoms with Crippen molar-refractivity contribution in [3.8, 4) is 0 Å². The number of rotatable bonds is 0. The number of aliphatic hydroxyl groups is 1. The predicted octanol–water partition coefficient (Wildman–Crippen LogP) is 2.75. The molecule has 0 fully saturated rings. The first-order valence-electron chi connectivity index (χ1n) is 4.79. The van der Waals surface area contributed by atoms with Crippen LogP contribution in [-0.2, 0) is 0 Å². The molecule has 1 nitrogen and oxygen atoms in total. The van der Waals surface area contributed by atoms with E-state index in [4.69, 9.17) is 0 Å². The Labute approximate surface area is 75.5 Å². The van der Waals surface area contributed by atoms with Crippen molar-refractivity contribution in [3.05, 3.63) is 11.6 Å². The van der Waals surface area contributed by atoms with Crippen molar-refractivity contribution in [1.82, 2.24) is 0 Å². The molecule has 0 aliphatic heterocycles. The van der Waals surface area contributed by atoms with Crippen molar-refractivity contribution in [2.24, 2.45) is 11.3 Å². The molecule has 0 heterocycles. The standard InChI is InChI=1S/C11H20O/c1-8-5-6-9(7-10(8)12)11(2,3)4/h6,8,10,12H,5,7H2,1-4H3/t8-,10+/m1/s1. The molecule has 1 aliphatic rings. The van der Waals surface area contributed by atoms with Crippen molar-refractivity contribution < 1.29 is 5.11 Å². The topological polar surface area (TPSA) is 20.2 Å². The molecular weight excluding hydrogens is 148 g/mol. The van der Waals surface area contributed by atoms with Crippen LogP contribution in [0.4, 0.5) is 0 Å². The van der Waals surface area contributed by atoms with E-state index < -0.39 is 0 Å². The van der Waals surface area contributed by atoms with Crippen LogP contribution in [0.5, 0.6) is 0 Å². The Morgan fingerprint density at radius 1 is 1.42 bits per heavy atom.